The molecule has 2 atom stereocenters. The van der Waals surface area contributed by atoms with Gasteiger partial charge in [0.1, 0.15) is 0 Å². The Morgan fingerprint density at radius 1 is 1.05 bits per heavy atom. The third kappa shape index (κ3) is 2.54. The Bertz CT molecular complexity index is 685. The highest BCUT2D eigenvalue weighted by molar-refractivity contribution is 5.86. The van der Waals surface area contributed by atoms with Gasteiger partial charge in [-0.1, -0.05) is 42.5 Å². The van der Waals surface area contributed by atoms with E-state index in [2.05, 4.69) is 74.2 Å². The molecule has 0 saturated carbocycles. The van der Waals surface area contributed by atoms with Crippen molar-refractivity contribution in [3.8, 4) is 6.07 Å². The van der Waals surface area contributed by atoms with Crippen LogP contribution in [0, 0.1) is 17.2 Å². The minimum absolute atomic E-state index is 0.0787. The molecule has 1 heterocycles. The normalized spacial score (nSPS) is 23.3. The van der Waals surface area contributed by atoms with E-state index in [4.69, 9.17) is 0 Å². The Kier molecular flexibility index (Phi) is 3.47. The number of hydrogen-bond acceptors (Lipinski definition) is 2. The molecule has 0 aromatic heterocycles. The van der Waals surface area contributed by atoms with E-state index >= 15 is 0 Å². The van der Waals surface area contributed by atoms with Crippen LogP contribution in [-0.4, -0.2) is 23.5 Å². The molecule has 1 aliphatic heterocycles. The van der Waals surface area contributed by atoms with Crippen LogP contribution in [0.15, 0.2) is 42.5 Å². The Morgan fingerprint density at radius 2 is 1.76 bits per heavy atom. The SMILES string of the molecule is CC(C)(C)N1C[C@H](c2cccc3ccccc23)[C@@H](C#N)C1. The summed E-state index contributed by atoms with van der Waals surface area (Å²) in [4.78, 5) is 2.44. The highest BCUT2D eigenvalue weighted by Crippen LogP contribution is 2.38. The average molecular weight is 278 g/mol. The number of likely N-dealkylation sites (tertiary alicyclic amines) is 1. The molecule has 2 aromatic carbocycles. The summed E-state index contributed by atoms with van der Waals surface area (Å²) in [7, 11) is 0. The molecular weight excluding hydrogens is 256 g/mol. The van der Waals surface area contributed by atoms with Crippen molar-refractivity contribution in [2.45, 2.75) is 32.2 Å². The van der Waals surface area contributed by atoms with Crippen molar-refractivity contribution in [1.29, 1.82) is 5.26 Å². The van der Waals surface area contributed by atoms with Crippen LogP contribution in [0.3, 0.4) is 0 Å². The Balaban J connectivity index is 2.04. The van der Waals surface area contributed by atoms with Gasteiger partial charge in [0.2, 0.25) is 0 Å². The van der Waals surface area contributed by atoms with E-state index in [-0.39, 0.29) is 11.5 Å². The second kappa shape index (κ2) is 5.16. The third-order valence-corrected chi connectivity index (χ3v) is 4.66. The van der Waals surface area contributed by atoms with Crippen molar-refractivity contribution in [1.82, 2.24) is 4.90 Å². The van der Waals surface area contributed by atoms with Gasteiger partial charge in [-0.3, -0.25) is 4.90 Å². The molecule has 0 amide bonds. The molecule has 3 rings (SSSR count). The standard InChI is InChI=1S/C19H22N2/c1-19(2,3)21-12-15(11-20)18(13-21)17-10-6-8-14-7-4-5-9-16(14)17/h4-10,15,18H,12-13H2,1-3H3/t15-,18-/m0/s1. The highest BCUT2D eigenvalue weighted by Gasteiger charge is 2.38. The van der Waals surface area contributed by atoms with E-state index < -0.39 is 0 Å². The van der Waals surface area contributed by atoms with Gasteiger partial charge in [-0.2, -0.15) is 5.26 Å². The van der Waals surface area contributed by atoms with Gasteiger partial charge in [-0.05, 0) is 37.1 Å². The molecule has 0 bridgehead atoms. The lowest BCUT2D eigenvalue weighted by Gasteiger charge is -2.31. The van der Waals surface area contributed by atoms with E-state index in [1.807, 2.05) is 0 Å². The summed E-state index contributed by atoms with van der Waals surface area (Å²) in [6.07, 6.45) is 0. The smallest absolute Gasteiger partial charge is 0.0676 e. The first kappa shape index (κ1) is 14.1. The van der Waals surface area contributed by atoms with Crippen molar-refractivity contribution in [3.05, 3.63) is 48.0 Å². The number of nitriles is 1. The minimum atomic E-state index is 0.0787. The first-order valence-corrected chi connectivity index (χ1v) is 7.63. The zero-order valence-corrected chi connectivity index (χ0v) is 13.0. The van der Waals surface area contributed by atoms with Crippen molar-refractivity contribution in [2.75, 3.05) is 13.1 Å². The van der Waals surface area contributed by atoms with E-state index in [1.165, 1.54) is 16.3 Å². The quantitative estimate of drug-likeness (QED) is 0.782. The Labute approximate surface area is 127 Å². The molecular formula is C19H22N2. The van der Waals surface area contributed by atoms with Gasteiger partial charge < -0.3 is 0 Å². The summed E-state index contributed by atoms with van der Waals surface area (Å²) in [5, 5.41) is 12.1. The maximum absolute atomic E-state index is 9.58. The van der Waals surface area contributed by atoms with Crippen molar-refractivity contribution < 1.29 is 0 Å². The van der Waals surface area contributed by atoms with Gasteiger partial charge >= 0.3 is 0 Å². The lowest BCUT2D eigenvalue weighted by atomic mass is 9.87. The summed E-state index contributed by atoms with van der Waals surface area (Å²) in [5.41, 5.74) is 1.44. The summed E-state index contributed by atoms with van der Waals surface area (Å²) >= 11 is 0. The van der Waals surface area contributed by atoms with Crippen LogP contribution < -0.4 is 0 Å². The van der Waals surface area contributed by atoms with Gasteiger partial charge in [0.25, 0.3) is 0 Å². The zero-order valence-electron chi connectivity index (χ0n) is 13.0. The van der Waals surface area contributed by atoms with Gasteiger partial charge in [-0.15, -0.1) is 0 Å². The Hall–Kier alpha value is -1.85. The maximum Gasteiger partial charge on any atom is 0.0676 e. The molecule has 0 aliphatic carbocycles. The predicted molar refractivity (Wildman–Crippen MR) is 87.1 cm³/mol. The van der Waals surface area contributed by atoms with E-state index in [9.17, 15) is 5.26 Å². The first-order chi connectivity index (χ1) is 10.0. The minimum Gasteiger partial charge on any atom is -0.297 e. The molecule has 1 fully saturated rings. The van der Waals surface area contributed by atoms with Crippen LogP contribution in [0.2, 0.25) is 0 Å². The van der Waals surface area contributed by atoms with Crippen molar-refractivity contribution in [3.63, 3.8) is 0 Å². The second-order valence-corrected chi connectivity index (χ2v) is 6.99. The first-order valence-electron chi connectivity index (χ1n) is 7.63. The molecule has 1 aliphatic rings. The molecule has 2 aromatic rings. The predicted octanol–water partition coefficient (Wildman–Crippen LogP) is 4.18. The fourth-order valence-electron chi connectivity index (χ4n) is 3.37. The van der Waals surface area contributed by atoms with Crippen molar-refractivity contribution >= 4 is 10.8 Å². The van der Waals surface area contributed by atoms with E-state index in [1.54, 1.807) is 0 Å². The van der Waals surface area contributed by atoms with E-state index in [0.29, 0.717) is 5.92 Å². The molecule has 2 nitrogen and oxygen atoms in total. The largest absolute Gasteiger partial charge is 0.297 e. The van der Waals surface area contributed by atoms with Gasteiger partial charge in [0, 0.05) is 24.5 Å². The van der Waals surface area contributed by atoms with Crippen LogP contribution in [0.4, 0.5) is 0 Å². The number of fused-ring (bicyclic) bond motifs is 1. The topological polar surface area (TPSA) is 27.0 Å². The van der Waals surface area contributed by atoms with Crippen molar-refractivity contribution in [2.24, 2.45) is 5.92 Å². The van der Waals surface area contributed by atoms with Gasteiger partial charge in [-0.25, -0.2) is 0 Å². The van der Waals surface area contributed by atoms with Crippen LogP contribution in [-0.2, 0) is 0 Å². The summed E-state index contributed by atoms with van der Waals surface area (Å²) < 4.78 is 0. The molecule has 21 heavy (non-hydrogen) atoms. The van der Waals surface area contributed by atoms with Gasteiger partial charge in [0.05, 0.1) is 12.0 Å². The monoisotopic (exact) mass is 278 g/mol. The molecule has 2 heteroatoms. The molecule has 0 radical (unpaired) electrons. The third-order valence-electron chi connectivity index (χ3n) is 4.66. The number of benzene rings is 2. The molecule has 0 N–H and O–H groups in total. The van der Waals surface area contributed by atoms with Crippen LogP contribution in [0.5, 0.6) is 0 Å². The fourth-order valence-corrected chi connectivity index (χ4v) is 3.37. The summed E-state index contributed by atoms with van der Waals surface area (Å²) in [6.45, 7) is 8.52. The number of rotatable bonds is 1. The average Bonchev–Trinajstić information content (AvgIpc) is 2.91. The molecule has 0 unspecified atom stereocenters. The second-order valence-electron chi connectivity index (χ2n) is 6.99. The van der Waals surface area contributed by atoms with Gasteiger partial charge in [0.15, 0.2) is 0 Å². The lowest BCUT2D eigenvalue weighted by molar-refractivity contribution is 0.170. The van der Waals surface area contributed by atoms with E-state index in [0.717, 1.165) is 13.1 Å². The molecule has 1 saturated heterocycles. The molecule has 0 spiro atoms. The lowest BCUT2D eigenvalue weighted by Crippen LogP contribution is -2.39. The fraction of sp³-hybridized carbons (Fsp3) is 0.421. The molecule has 108 valence electrons. The van der Waals surface area contributed by atoms with Crippen LogP contribution in [0.1, 0.15) is 32.3 Å². The highest BCUT2D eigenvalue weighted by atomic mass is 15.2. The number of nitrogens with zero attached hydrogens (tertiary/aromatic N) is 2. The summed E-state index contributed by atoms with van der Waals surface area (Å²) in [6, 6.07) is 17.5. The number of hydrogen-bond donors (Lipinski definition) is 0. The van der Waals surface area contributed by atoms with Crippen LogP contribution >= 0.6 is 0 Å². The Morgan fingerprint density at radius 3 is 2.48 bits per heavy atom. The van der Waals surface area contributed by atoms with Crippen LogP contribution in [0.25, 0.3) is 10.8 Å². The maximum atomic E-state index is 9.58. The zero-order chi connectivity index (χ0) is 15.0. The summed E-state index contributed by atoms with van der Waals surface area (Å²) in [5.74, 6) is 0.385.